The highest BCUT2D eigenvalue weighted by atomic mass is 19.3. The molecule has 0 aromatic carbocycles. The number of rotatable bonds is 3. The van der Waals surface area contributed by atoms with Gasteiger partial charge in [0.2, 0.25) is 0 Å². The number of methoxy groups -OCH3 is 2. The predicted octanol–water partition coefficient (Wildman–Crippen LogP) is 1.40. The third-order valence-corrected chi connectivity index (χ3v) is 1.46. The van der Waals surface area contributed by atoms with Crippen LogP contribution in [0.5, 0.6) is 5.75 Å². The third-order valence-electron chi connectivity index (χ3n) is 1.46. The molecule has 0 atom stereocenters. The monoisotopic (exact) mass is 234 g/mol. The Balaban J connectivity index is 0.000000487. The van der Waals surface area contributed by atoms with Crippen molar-refractivity contribution in [2.75, 3.05) is 20.0 Å². The third kappa shape index (κ3) is 4.54. The lowest BCUT2D eigenvalue weighted by Gasteiger charge is -2.04. The normalized spacial score (nSPS) is 9.06. The molecule has 0 saturated heterocycles. The largest absolute Gasteiger partial charge is 0.493 e. The minimum Gasteiger partial charge on any atom is -0.493 e. The number of pyridine rings is 1. The van der Waals surface area contributed by atoms with E-state index in [1.54, 1.807) is 0 Å². The zero-order chi connectivity index (χ0) is 12.6. The second-order valence-corrected chi connectivity index (χ2v) is 2.48. The molecule has 0 radical (unpaired) electrons. The van der Waals surface area contributed by atoms with Gasteiger partial charge in [-0.3, -0.25) is 9.78 Å². The Morgan fingerprint density at radius 2 is 2.06 bits per heavy atom. The molecule has 16 heavy (non-hydrogen) atoms. The predicted molar refractivity (Wildman–Crippen MR) is 53.2 cm³/mol. The smallest absolute Gasteiger partial charge is 0.292 e. The number of anilines is 1. The summed E-state index contributed by atoms with van der Waals surface area (Å²) in [7, 11) is 2.71. The van der Waals surface area contributed by atoms with E-state index >= 15 is 0 Å². The summed E-state index contributed by atoms with van der Waals surface area (Å²) in [5.41, 5.74) is 5.20. The number of hydrogen-bond acceptors (Lipinski definition) is 5. The van der Waals surface area contributed by atoms with Crippen molar-refractivity contribution < 1.29 is 23.0 Å². The number of carbonyl (C=O) groups excluding carboxylic acids is 1. The van der Waals surface area contributed by atoms with E-state index in [1.165, 1.54) is 20.4 Å². The molecule has 90 valence electrons. The maximum Gasteiger partial charge on any atom is 0.292 e. The van der Waals surface area contributed by atoms with Crippen LogP contribution in [0.3, 0.4) is 0 Å². The molecule has 0 spiro atoms. The van der Waals surface area contributed by atoms with Crippen LogP contribution >= 0.6 is 0 Å². The first kappa shape index (κ1) is 14.1. The molecule has 0 unspecified atom stereocenters. The standard InChI is InChI=1S/C7H8F2N2O.C2H4O2/c1-12-6-3-11-5(7(8)9)2-4(6)10;1-4-2-3/h2-3,7H,1H3,(H2,10,11);2H,1H3. The second kappa shape index (κ2) is 7.38. The van der Waals surface area contributed by atoms with E-state index in [0.29, 0.717) is 12.2 Å². The number of nitrogens with zero attached hydrogens (tertiary/aromatic N) is 1. The van der Waals surface area contributed by atoms with Crippen LogP contribution in [-0.4, -0.2) is 25.7 Å². The van der Waals surface area contributed by atoms with Crippen molar-refractivity contribution in [3.63, 3.8) is 0 Å². The number of carbonyl (C=O) groups is 1. The van der Waals surface area contributed by atoms with Gasteiger partial charge in [-0.1, -0.05) is 0 Å². The van der Waals surface area contributed by atoms with Crippen LogP contribution in [0.15, 0.2) is 12.3 Å². The molecule has 5 nitrogen and oxygen atoms in total. The summed E-state index contributed by atoms with van der Waals surface area (Å²) in [4.78, 5) is 12.4. The van der Waals surface area contributed by atoms with Gasteiger partial charge in [0.1, 0.15) is 5.69 Å². The lowest BCUT2D eigenvalue weighted by molar-refractivity contribution is -0.126. The van der Waals surface area contributed by atoms with Crippen molar-refractivity contribution in [3.8, 4) is 5.75 Å². The summed E-state index contributed by atoms with van der Waals surface area (Å²) < 4.78 is 32.7. The van der Waals surface area contributed by atoms with Gasteiger partial charge in [-0.05, 0) is 6.07 Å². The van der Waals surface area contributed by atoms with Crippen molar-refractivity contribution in [3.05, 3.63) is 18.0 Å². The highest BCUT2D eigenvalue weighted by molar-refractivity contribution is 5.51. The number of nitrogen functional groups attached to an aromatic ring is 1. The number of hydrogen-bond donors (Lipinski definition) is 1. The van der Waals surface area contributed by atoms with Crippen molar-refractivity contribution in [2.45, 2.75) is 6.43 Å². The van der Waals surface area contributed by atoms with Gasteiger partial charge in [0.15, 0.2) is 5.75 Å². The molecule has 1 aromatic rings. The number of halogens is 2. The maximum absolute atomic E-state index is 12.0. The fourth-order valence-electron chi connectivity index (χ4n) is 0.765. The minimum atomic E-state index is -2.60. The van der Waals surface area contributed by atoms with Gasteiger partial charge < -0.3 is 15.2 Å². The first-order valence-electron chi connectivity index (χ1n) is 4.10. The number of aromatic nitrogens is 1. The summed E-state index contributed by atoms with van der Waals surface area (Å²) >= 11 is 0. The molecule has 0 aliphatic rings. The van der Waals surface area contributed by atoms with E-state index in [0.717, 1.165) is 6.07 Å². The van der Waals surface area contributed by atoms with Crippen LogP contribution in [0.4, 0.5) is 14.5 Å². The van der Waals surface area contributed by atoms with E-state index < -0.39 is 6.43 Å². The Bertz CT molecular complexity index is 335. The minimum absolute atomic E-state index is 0.169. The molecule has 0 aliphatic heterocycles. The summed E-state index contributed by atoms with van der Waals surface area (Å²) in [6.45, 7) is 0.375. The van der Waals surface area contributed by atoms with Crippen LogP contribution < -0.4 is 10.5 Å². The molecule has 2 N–H and O–H groups in total. The summed E-state index contributed by atoms with van der Waals surface area (Å²) in [6.07, 6.45) is -1.42. The number of nitrogens with two attached hydrogens (primary N) is 1. The Morgan fingerprint density at radius 1 is 1.50 bits per heavy atom. The lowest BCUT2D eigenvalue weighted by atomic mass is 10.3. The summed E-state index contributed by atoms with van der Waals surface area (Å²) in [5.74, 6) is 0.305. The summed E-state index contributed by atoms with van der Waals surface area (Å²) in [5, 5.41) is 0. The highest BCUT2D eigenvalue weighted by Gasteiger charge is 2.10. The Morgan fingerprint density at radius 3 is 2.38 bits per heavy atom. The highest BCUT2D eigenvalue weighted by Crippen LogP contribution is 2.24. The van der Waals surface area contributed by atoms with Gasteiger partial charge in [0.25, 0.3) is 12.9 Å². The molecular formula is C9H12F2N2O3. The molecule has 0 aliphatic carbocycles. The SMILES string of the molecule is COC=O.COc1cnc(C(F)F)cc1N. The average Bonchev–Trinajstić information content (AvgIpc) is 2.29. The molecule has 1 rings (SSSR count). The van der Waals surface area contributed by atoms with Crippen LogP contribution in [-0.2, 0) is 9.53 Å². The quantitative estimate of drug-likeness (QED) is 0.800. The van der Waals surface area contributed by atoms with Crippen LogP contribution in [0.2, 0.25) is 0 Å². The lowest BCUT2D eigenvalue weighted by Crippen LogP contribution is -1.97. The number of alkyl halides is 2. The van der Waals surface area contributed by atoms with Gasteiger partial charge >= 0.3 is 0 Å². The molecule has 0 fully saturated rings. The molecule has 7 heteroatoms. The molecule has 1 aromatic heterocycles. The fraction of sp³-hybridized carbons (Fsp3) is 0.333. The second-order valence-electron chi connectivity index (χ2n) is 2.48. The van der Waals surface area contributed by atoms with Crippen LogP contribution in [0, 0.1) is 0 Å². The van der Waals surface area contributed by atoms with E-state index in [9.17, 15) is 8.78 Å². The zero-order valence-corrected chi connectivity index (χ0v) is 8.81. The van der Waals surface area contributed by atoms with Crippen molar-refractivity contribution in [1.29, 1.82) is 0 Å². The van der Waals surface area contributed by atoms with Crippen molar-refractivity contribution in [2.24, 2.45) is 0 Å². The Hall–Kier alpha value is -1.92. The van der Waals surface area contributed by atoms with Crippen LogP contribution in [0.25, 0.3) is 0 Å². The molecule has 0 saturated carbocycles. The van der Waals surface area contributed by atoms with Crippen molar-refractivity contribution >= 4 is 12.2 Å². The first-order chi connectivity index (χ1) is 7.56. The number of ether oxygens (including phenoxy) is 2. The van der Waals surface area contributed by atoms with Gasteiger partial charge in [0, 0.05) is 0 Å². The van der Waals surface area contributed by atoms with Crippen molar-refractivity contribution in [1.82, 2.24) is 4.98 Å². The maximum atomic E-state index is 12.0. The van der Waals surface area contributed by atoms with E-state index in [-0.39, 0.29) is 11.4 Å². The van der Waals surface area contributed by atoms with Gasteiger partial charge in [-0.2, -0.15) is 0 Å². The zero-order valence-electron chi connectivity index (χ0n) is 8.81. The summed E-state index contributed by atoms with van der Waals surface area (Å²) in [6, 6.07) is 1.10. The molecular weight excluding hydrogens is 222 g/mol. The van der Waals surface area contributed by atoms with Gasteiger partial charge in [-0.25, -0.2) is 8.78 Å². The average molecular weight is 234 g/mol. The van der Waals surface area contributed by atoms with E-state index in [4.69, 9.17) is 15.3 Å². The molecule has 0 bridgehead atoms. The van der Waals surface area contributed by atoms with E-state index in [2.05, 4.69) is 9.72 Å². The van der Waals surface area contributed by atoms with Gasteiger partial charge in [-0.15, -0.1) is 0 Å². The Kier molecular flexibility index (Phi) is 6.50. The molecule has 1 heterocycles. The Labute approximate surface area is 91.2 Å². The topological polar surface area (TPSA) is 74.4 Å². The molecule has 0 amide bonds. The first-order valence-corrected chi connectivity index (χ1v) is 4.10. The van der Waals surface area contributed by atoms with Crippen LogP contribution in [0.1, 0.15) is 12.1 Å². The fourth-order valence-corrected chi connectivity index (χ4v) is 0.765. The van der Waals surface area contributed by atoms with E-state index in [1.807, 2.05) is 0 Å². The van der Waals surface area contributed by atoms with Gasteiger partial charge in [0.05, 0.1) is 26.1 Å².